The van der Waals surface area contributed by atoms with E-state index in [0.717, 1.165) is 25.1 Å². The number of pyridine rings is 1. The highest BCUT2D eigenvalue weighted by Crippen LogP contribution is 2.25. The first-order chi connectivity index (χ1) is 16.2. The standard InChI is InChI=1S/C25H31F3N4O2/c1-17-10-29-21(8-18-12-32(13-18)16-25(26,27)28)9-23(17)24(34)30-11-22(33)15-31-7-6-19-4-2-3-5-20(19)14-31/h2-5,9-10,18,22,33H,6-8,11-16H2,1H3,(H,30,34)/t22-/m0/s1. The van der Waals surface area contributed by atoms with E-state index in [1.165, 1.54) is 16.0 Å². The van der Waals surface area contributed by atoms with Gasteiger partial charge in [0.25, 0.3) is 5.91 Å². The molecular formula is C25H31F3N4O2. The number of aliphatic hydroxyl groups is 1. The first-order valence-corrected chi connectivity index (χ1v) is 11.7. The zero-order valence-electron chi connectivity index (χ0n) is 19.3. The summed E-state index contributed by atoms with van der Waals surface area (Å²) in [5, 5.41) is 13.3. The number of aromatic nitrogens is 1. The van der Waals surface area contributed by atoms with E-state index in [1.54, 1.807) is 19.2 Å². The maximum absolute atomic E-state index is 12.8. The molecule has 0 radical (unpaired) electrons. The largest absolute Gasteiger partial charge is 0.401 e. The van der Waals surface area contributed by atoms with Crippen molar-refractivity contribution < 1.29 is 23.1 Å². The van der Waals surface area contributed by atoms with Gasteiger partial charge in [-0.2, -0.15) is 13.2 Å². The number of β-amino-alcohol motifs (C(OH)–C–C–N with tert-alkyl or cyclic N) is 1. The average Bonchev–Trinajstić information content (AvgIpc) is 2.76. The van der Waals surface area contributed by atoms with E-state index in [4.69, 9.17) is 0 Å². The third-order valence-corrected chi connectivity index (χ3v) is 6.51. The molecule has 0 aliphatic carbocycles. The minimum atomic E-state index is -4.18. The molecule has 2 N–H and O–H groups in total. The normalized spacial score (nSPS) is 18.3. The molecule has 0 bridgehead atoms. The van der Waals surface area contributed by atoms with E-state index in [1.807, 2.05) is 12.1 Å². The van der Waals surface area contributed by atoms with Crippen LogP contribution in [0.15, 0.2) is 36.5 Å². The van der Waals surface area contributed by atoms with Crippen molar-refractivity contribution in [1.82, 2.24) is 20.1 Å². The van der Waals surface area contributed by atoms with Crippen molar-refractivity contribution in [2.24, 2.45) is 5.92 Å². The lowest BCUT2D eigenvalue weighted by molar-refractivity contribution is -0.158. The second kappa shape index (κ2) is 10.4. The molecule has 6 nitrogen and oxygen atoms in total. The lowest BCUT2D eigenvalue weighted by Crippen LogP contribution is -2.51. The molecule has 2 aliphatic rings. The molecule has 9 heteroatoms. The van der Waals surface area contributed by atoms with Crippen molar-refractivity contribution in [3.63, 3.8) is 0 Å². The third-order valence-electron chi connectivity index (χ3n) is 6.51. The molecule has 0 unspecified atom stereocenters. The second-order valence-corrected chi connectivity index (χ2v) is 9.49. The average molecular weight is 477 g/mol. The number of likely N-dealkylation sites (tertiary alicyclic amines) is 1. The van der Waals surface area contributed by atoms with Gasteiger partial charge < -0.3 is 10.4 Å². The number of aryl methyl sites for hydroxylation is 1. The van der Waals surface area contributed by atoms with Crippen molar-refractivity contribution in [3.05, 3.63) is 64.5 Å². The molecule has 1 aromatic carbocycles. The van der Waals surface area contributed by atoms with Crippen LogP contribution in [-0.4, -0.2) is 77.3 Å². The first kappa shape index (κ1) is 24.6. The quantitative estimate of drug-likeness (QED) is 0.613. The summed E-state index contributed by atoms with van der Waals surface area (Å²) >= 11 is 0. The van der Waals surface area contributed by atoms with Crippen LogP contribution in [0.1, 0.15) is 32.7 Å². The fourth-order valence-corrected chi connectivity index (χ4v) is 4.79. The Kier molecular flexibility index (Phi) is 7.54. The number of halogens is 3. The van der Waals surface area contributed by atoms with E-state index in [0.29, 0.717) is 37.3 Å². The summed E-state index contributed by atoms with van der Waals surface area (Å²) in [5.41, 5.74) is 4.52. The van der Waals surface area contributed by atoms with E-state index >= 15 is 0 Å². The summed E-state index contributed by atoms with van der Waals surface area (Å²) in [5.74, 6) is -0.179. The minimum Gasteiger partial charge on any atom is -0.390 e. The summed E-state index contributed by atoms with van der Waals surface area (Å²) in [6, 6.07) is 10.0. The molecule has 1 saturated heterocycles. The molecule has 1 aromatic heterocycles. The van der Waals surface area contributed by atoms with Gasteiger partial charge in [0, 0.05) is 56.7 Å². The summed E-state index contributed by atoms with van der Waals surface area (Å²) in [6.45, 7) is 3.94. The number of alkyl halides is 3. The maximum Gasteiger partial charge on any atom is 0.401 e. The fraction of sp³-hybridized carbons (Fsp3) is 0.520. The Labute approximate surface area is 197 Å². The van der Waals surface area contributed by atoms with Crippen molar-refractivity contribution in [2.75, 3.05) is 39.3 Å². The monoisotopic (exact) mass is 476 g/mol. The number of rotatable bonds is 8. The molecule has 2 aliphatic heterocycles. The molecular weight excluding hydrogens is 445 g/mol. The molecule has 1 fully saturated rings. The van der Waals surface area contributed by atoms with Crippen LogP contribution < -0.4 is 5.32 Å². The number of carbonyl (C=O) groups is 1. The van der Waals surface area contributed by atoms with Gasteiger partial charge in [-0.05, 0) is 48.4 Å². The zero-order valence-corrected chi connectivity index (χ0v) is 19.3. The van der Waals surface area contributed by atoms with Crippen molar-refractivity contribution in [2.45, 2.75) is 38.6 Å². The maximum atomic E-state index is 12.8. The Morgan fingerprint density at radius 1 is 1.24 bits per heavy atom. The number of amides is 1. The van der Waals surface area contributed by atoms with Crippen LogP contribution in [0.2, 0.25) is 0 Å². The number of nitrogens with one attached hydrogen (secondary N) is 1. The van der Waals surface area contributed by atoms with Gasteiger partial charge in [0.05, 0.1) is 12.6 Å². The summed E-state index contributed by atoms with van der Waals surface area (Å²) < 4.78 is 37.4. The van der Waals surface area contributed by atoms with Crippen LogP contribution in [0.3, 0.4) is 0 Å². The van der Waals surface area contributed by atoms with Crippen LogP contribution in [-0.2, 0) is 19.4 Å². The van der Waals surface area contributed by atoms with Crippen molar-refractivity contribution in [1.29, 1.82) is 0 Å². The summed E-state index contributed by atoms with van der Waals surface area (Å²) in [6.07, 6.45) is -1.76. The molecule has 2 aromatic rings. The topological polar surface area (TPSA) is 68.7 Å². The highest BCUT2D eigenvalue weighted by atomic mass is 19.4. The SMILES string of the molecule is Cc1cnc(CC2CN(CC(F)(F)F)C2)cc1C(=O)NC[C@H](O)CN1CCc2ccccc2C1. The molecule has 184 valence electrons. The van der Waals surface area contributed by atoms with Gasteiger partial charge in [-0.3, -0.25) is 19.6 Å². The van der Waals surface area contributed by atoms with Crippen molar-refractivity contribution in [3.8, 4) is 0 Å². The molecule has 0 spiro atoms. The number of hydrogen-bond acceptors (Lipinski definition) is 5. The lowest BCUT2D eigenvalue weighted by Gasteiger charge is -2.39. The molecule has 1 amide bonds. The van der Waals surface area contributed by atoms with Gasteiger partial charge in [0.15, 0.2) is 0 Å². The molecule has 1 atom stereocenters. The van der Waals surface area contributed by atoms with Gasteiger partial charge in [-0.1, -0.05) is 24.3 Å². The van der Waals surface area contributed by atoms with Crippen LogP contribution in [0.5, 0.6) is 0 Å². The number of carbonyl (C=O) groups excluding carboxylic acids is 1. The summed E-state index contributed by atoms with van der Waals surface area (Å²) in [7, 11) is 0. The highest BCUT2D eigenvalue weighted by Gasteiger charge is 2.37. The smallest absolute Gasteiger partial charge is 0.390 e. The second-order valence-electron chi connectivity index (χ2n) is 9.49. The molecule has 4 rings (SSSR count). The lowest BCUT2D eigenvalue weighted by atomic mass is 9.93. The van der Waals surface area contributed by atoms with E-state index in [2.05, 4.69) is 27.3 Å². The predicted octanol–water partition coefficient (Wildman–Crippen LogP) is 2.58. The molecule has 0 saturated carbocycles. The first-order valence-electron chi connectivity index (χ1n) is 11.7. The Morgan fingerprint density at radius 2 is 1.97 bits per heavy atom. The van der Waals surface area contributed by atoms with Crippen molar-refractivity contribution >= 4 is 5.91 Å². The number of nitrogens with zero attached hydrogens (tertiary/aromatic N) is 3. The van der Waals surface area contributed by atoms with E-state index in [-0.39, 0.29) is 18.4 Å². The Hall–Kier alpha value is -2.49. The van der Waals surface area contributed by atoms with E-state index < -0.39 is 18.8 Å². The van der Waals surface area contributed by atoms with E-state index in [9.17, 15) is 23.1 Å². The minimum absolute atomic E-state index is 0.102. The van der Waals surface area contributed by atoms with Crippen LogP contribution >= 0.6 is 0 Å². The number of hydrogen-bond donors (Lipinski definition) is 2. The predicted molar refractivity (Wildman–Crippen MR) is 122 cm³/mol. The third kappa shape index (κ3) is 6.55. The van der Waals surface area contributed by atoms with Gasteiger partial charge in [0.2, 0.25) is 0 Å². The number of benzene rings is 1. The fourth-order valence-electron chi connectivity index (χ4n) is 4.79. The van der Waals surface area contributed by atoms with Crippen LogP contribution in [0.4, 0.5) is 13.2 Å². The Morgan fingerprint density at radius 3 is 2.71 bits per heavy atom. The Bertz CT molecular complexity index is 1010. The van der Waals surface area contributed by atoms with Gasteiger partial charge in [0.1, 0.15) is 0 Å². The van der Waals surface area contributed by atoms with Crippen LogP contribution in [0.25, 0.3) is 0 Å². The van der Waals surface area contributed by atoms with Gasteiger partial charge in [-0.15, -0.1) is 0 Å². The zero-order chi connectivity index (χ0) is 24.3. The van der Waals surface area contributed by atoms with Gasteiger partial charge >= 0.3 is 6.18 Å². The van der Waals surface area contributed by atoms with Crippen LogP contribution in [0, 0.1) is 12.8 Å². The number of aliphatic hydroxyl groups excluding tert-OH is 1. The highest BCUT2D eigenvalue weighted by molar-refractivity contribution is 5.95. The Balaban J connectivity index is 1.24. The van der Waals surface area contributed by atoms with Gasteiger partial charge in [-0.25, -0.2) is 0 Å². The summed E-state index contributed by atoms with van der Waals surface area (Å²) in [4.78, 5) is 20.7. The molecule has 34 heavy (non-hydrogen) atoms. The number of fused-ring (bicyclic) bond motifs is 1. The molecule has 3 heterocycles.